The predicted molar refractivity (Wildman–Crippen MR) is 48.2 cm³/mol. The smallest absolute Gasteiger partial charge is 0.330 e. The molecule has 0 aromatic rings. The number of urea groups is 1. The first kappa shape index (κ1) is 12.8. The van der Waals surface area contributed by atoms with E-state index < -0.39 is 27.8 Å². The van der Waals surface area contributed by atoms with Crippen molar-refractivity contribution in [2.45, 2.75) is 13.3 Å². The molecule has 0 rings (SSSR count). The van der Waals surface area contributed by atoms with Crippen molar-refractivity contribution < 1.29 is 22.6 Å². The molecule has 0 aliphatic carbocycles. The van der Waals surface area contributed by atoms with Crippen LogP contribution in [0.5, 0.6) is 0 Å². The van der Waals surface area contributed by atoms with Gasteiger partial charge < -0.3 is 10.6 Å². The van der Waals surface area contributed by atoms with Gasteiger partial charge in [-0.1, -0.05) is 6.92 Å². The summed E-state index contributed by atoms with van der Waals surface area (Å²) in [5.41, 5.74) is 0. The normalized spacial score (nSPS) is 10.7. The van der Waals surface area contributed by atoms with E-state index in [4.69, 9.17) is 4.55 Å². The number of carbonyl (C=O) groups excluding carboxylic acids is 2. The first-order valence-corrected chi connectivity index (χ1v) is 5.34. The van der Waals surface area contributed by atoms with Crippen LogP contribution >= 0.6 is 0 Å². The van der Waals surface area contributed by atoms with Gasteiger partial charge in [0.25, 0.3) is 5.12 Å². The van der Waals surface area contributed by atoms with Gasteiger partial charge in [0.2, 0.25) is 0 Å². The lowest BCUT2D eigenvalue weighted by Gasteiger charge is -2.04. The molecule has 0 saturated heterocycles. The molecule has 0 heterocycles. The monoisotopic (exact) mass is 224 g/mol. The molecule has 0 aromatic carbocycles. The molecular formula is C6H12N2O5S. The Labute approximate surface area is 81.6 Å². The van der Waals surface area contributed by atoms with Gasteiger partial charge in [-0.15, -0.1) is 0 Å². The third-order valence-electron chi connectivity index (χ3n) is 1.22. The van der Waals surface area contributed by atoms with Crippen LogP contribution in [-0.4, -0.2) is 37.2 Å². The number of rotatable bonds is 4. The van der Waals surface area contributed by atoms with Gasteiger partial charge in [-0.05, 0) is 6.42 Å². The van der Waals surface area contributed by atoms with Gasteiger partial charge in [-0.3, -0.25) is 9.35 Å². The zero-order valence-corrected chi connectivity index (χ0v) is 8.43. The molecule has 14 heavy (non-hydrogen) atoms. The van der Waals surface area contributed by atoms with E-state index in [1.54, 1.807) is 0 Å². The van der Waals surface area contributed by atoms with E-state index >= 15 is 0 Å². The van der Waals surface area contributed by atoms with E-state index in [1.165, 1.54) is 0 Å². The first-order chi connectivity index (χ1) is 6.38. The highest BCUT2D eigenvalue weighted by Gasteiger charge is 2.18. The van der Waals surface area contributed by atoms with E-state index in [0.29, 0.717) is 6.54 Å². The number of hydrogen-bond acceptors (Lipinski definition) is 4. The summed E-state index contributed by atoms with van der Waals surface area (Å²) in [6.07, 6.45) is 0.722. The summed E-state index contributed by atoms with van der Waals surface area (Å²) in [5, 5.41) is 2.90. The minimum Gasteiger partial charge on any atom is -0.338 e. The summed E-state index contributed by atoms with van der Waals surface area (Å²) in [4.78, 5) is 21.3. The zero-order chi connectivity index (χ0) is 11.2. The number of amides is 2. The minimum atomic E-state index is -4.70. The lowest BCUT2D eigenvalue weighted by atomic mass is 10.5. The van der Waals surface area contributed by atoms with Gasteiger partial charge in [-0.2, -0.15) is 8.42 Å². The first-order valence-electron chi connectivity index (χ1n) is 3.90. The average Bonchev–Trinajstić information content (AvgIpc) is 2.09. The lowest BCUT2D eigenvalue weighted by Crippen LogP contribution is -2.40. The van der Waals surface area contributed by atoms with Crippen LogP contribution in [0.2, 0.25) is 0 Å². The molecule has 0 aromatic heterocycles. The SMILES string of the molecule is CCCNC(=O)NCC(=O)S(=O)(=O)O. The minimum absolute atomic E-state index is 0.423. The van der Waals surface area contributed by atoms with Crippen molar-refractivity contribution in [2.24, 2.45) is 0 Å². The van der Waals surface area contributed by atoms with Gasteiger partial charge in [0.15, 0.2) is 0 Å². The average molecular weight is 224 g/mol. The number of carbonyl (C=O) groups is 2. The Balaban J connectivity index is 3.84. The molecule has 0 radical (unpaired) electrons. The zero-order valence-electron chi connectivity index (χ0n) is 7.61. The van der Waals surface area contributed by atoms with Crippen molar-refractivity contribution in [2.75, 3.05) is 13.1 Å². The second-order valence-electron chi connectivity index (χ2n) is 2.46. The number of nitrogens with one attached hydrogen (secondary N) is 2. The van der Waals surface area contributed by atoms with Gasteiger partial charge in [0.1, 0.15) is 0 Å². The molecule has 0 saturated carbocycles. The predicted octanol–water partition coefficient (Wildman–Crippen LogP) is -0.890. The van der Waals surface area contributed by atoms with Crippen molar-refractivity contribution in [1.29, 1.82) is 0 Å². The van der Waals surface area contributed by atoms with Crippen LogP contribution in [0.4, 0.5) is 4.79 Å². The third-order valence-corrected chi connectivity index (χ3v) is 1.94. The van der Waals surface area contributed by atoms with E-state index in [9.17, 15) is 18.0 Å². The Kier molecular flexibility index (Phi) is 5.10. The Morgan fingerprint density at radius 3 is 2.29 bits per heavy atom. The van der Waals surface area contributed by atoms with Gasteiger partial charge in [0, 0.05) is 6.54 Å². The Hall–Kier alpha value is -1.15. The fourth-order valence-electron chi connectivity index (χ4n) is 0.545. The van der Waals surface area contributed by atoms with Gasteiger partial charge in [0.05, 0.1) is 6.54 Å². The van der Waals surface area contributed by atoms with E-state index in [-0.39, 0.29) is 0 Å². The molecule has 0 spiro atoms. The van der Waals surface area contributed by atoms with Crippen LogP contribution in [0.3, 0.4) is 0 Å². The van der Waals surface area contributed by atoms with Crippen LogP contribution in [0.1, 0.15) is 13.3 Å². The molecule has 2 amide bonds. The van der Waals surface area contributed by atoms with Crippen LogP contribution < -0.4 is 10.6 Å². The summed E-state index contributed by atoms with van der Waals surface area (Å²) in [6, 6.07) is -0.649. The maximum atomic E-state index is 10.8. The Bertz CT molecular complexity index is 310. The van der Waals surface area contributed by atoms with Gasteiger partial charge >= 0.3 is 16.1 Å². The molecule has 0 bridgehead atoms. The Morgan fingerprint density at radius 2 is 1.86 bits per heavy atom. The van der Waals surface area contributed by atoms with Crippen molar-refractivity contribution >= 4 is 21.3 Å². The second kappa shape index (κ2) is 5.55. The molecule has 0 atom stereocenters. The number of hydrogen-bond donors (Lipinski definition) is 3. The van der Waals surface area contributed by atoms with Crippen LogP contribution in [0.25, 0.3) is 0 Å². The van der Waals surface area contributed by atoms with Gasteiger partial charge in [-0.25, -0.2) is 4.79 Å². The van der Waals surface area contributed by atoms with E-state index in [0.717, 1.165) is 6.42 Å². The molecule has 7 nitrogen and oxygen atoms in total. The second-order valence-corrected chi connectivity index (χ2v) is 3.86. The molecule has 0 aliphatic rings. The fourth-order valence-corrected chi connectivity index (χ4v) is 0.799. The molecule has 0 unspecified atom stereocenters. The maximum Gasteiger partial charge on any atom is 0.330 e. The van der Waals surface area contributed by atoms with Crippen LogP contribution in [0, 0.1) is 0 Å². The molecule has 0 fully saturated rings. The molecule has 0 aliphatic heterocycles. The highest BCUT2D eigenvalue weighted by Crippen LogP contribution is 1.83. The lowest BCUT2D eigenvalue weighted by molar-refractivity contribution is -0.111. The Morgan fingerprint density at radius 1 is 1.29 bits per heavy atom. The maximum absolute atomic E-state index is 10.8. The summed E-state index contributed by atoms with van der Waals surface area (Å²) < 4.78 is 28.6. The van der Waals surface area contributed by atoms with Crippen LogP contribution in [0.15, 0.2) is 0 Å². The van der Waals surface area contributed by atoms with Crippen molar-refractivity contribution in [3.8, 4) is 0 Å². The van der Waals surface area contributed by atoms with E-state index in [1.807, 2.05) is 12.2 Å². The van der Waals surface area contributed by atoms with Crippen molar-refractivity contribution in [3.05, 3.63) is 0 Å². The highest BCUT2D eigenvalue weighted by atomic mass is 32.2. The summed E-state index contributed by atoms with van der Waals surface area (Å²) in [5.74, 6) is 0. The standard InChI is InChI=1S/C6H12N2O5S/c1-2-3-7-6(10)8-4-5(9)14(11,12)13/h2-4H2,1H3,(H2,7,8,10)(H,11,12,13). The fraction of sp³-hybridized carbons (Fsp3) is 0.667. The molecular weight excluding hydrogens is 212 g/mol. The van der Waals surface area contributed by atoms with Crippen LogP contribution in [-0.2, 0) is 14.9 Å². The summed E-state index contributed by atoms with van der Waals surface area (Å²) in [7, 11) is -4.70. The van der Waals surface area contributed by atoms with Crippen molar-refractivity contribution in [3.63, 3.8) is 0 Å². The van der Waals surface area contributed by atoms with E-state index in [2.05, 4.69) is 5.32 Å². The largest absolute Gasteiger partial charge is 0.338 e. The van der Waals surface area contributed by atoms with Crippen molar-refractivity contribution in [1.82, 2.24) is 10.6 Å². The topological polar surface area (TPSA) is 113 Å². The third kappa shape index (κ3) is 5.49. The summed E-state index contributed by atoms with van der Waals surface area (Å²) >= 11 is 0. The quantitative estimate of drug-likeness (QED) is 0.536. The highest BCUT2D eigenvalue weighted by molar-refractivity contribution is 8.01. The summed E-state index contributed by atoms with van der Waals surface area (Å²) in [6.45, 7) is 1.52. The molecule has 3 N–H and O–H groups in total. The molecule has 82 valence electrons. The molecule has 8 heteroatoms.